The molecule has 5 rings (SSSR count). The number of aryl methyl sites for hydroxylation is 1. The van der Waals surface area contributed by atoms with Crippen molar-refractivity contribution in [2.45, 2.75) is 31.8 Å². The zero-order valence-corrected chi connectivity index (χ0v) is 16.9. The monoisotopic (exact) mass is 419 g/mol. The fourth-order valence-electron chi connectivity index (χ4n) is 5.48. The average molecular weight is 419 g/mol. The normalized spacial score (nSPS) is 27.5. The molecule has 3 saturated heterocycles. The van der Waals surface area contributed by atoms with Crippen LogP contribution in [0.1, 0.15) is 28.8 Å². The number of amides is 2. The van der Waals surface area contributed by atoms with Gasteiger partial charge in [-0.3, -0.25) is 29.4 Å². The number of imide groups is 1. The third-order valence-electron chi connectivity index (χ3n) is 6.82. The Morgan fingerprint density at radius 1 is 1.06 bits per heavy atom. The van der Waals surface area contributed by atoms with Crippen molar-refractivity contribution in [3.63, 3.8) is 0 Å². The SMILES string of the molecule is Cc1ccc([N+](=O)[O-])cc1N1C(=O)C2C(C1=O)C(C(=O)c1ccccc1)N1CCCC21. The highest BCUT2D eigenvalue weighted by Crippen LogP contribution is 2.49. The third-order valence-corrected chi connectivity index (χ3v) is 6.82. The van der Waals surface area contributed by atoms with E-state index in [2.05, 4.69) is 0 Å². The summed E-state index contributed by atoms with van der Waals surface area (Å²) in [6.45, 7) is 2.39. The predicted octanol–water partition coefficient (Wildman–Crippen LogP) is 2.74. The molecule has 0 bridgehead atoms. The first-order valence-electron chi connectivity index (χ1n) is 10.4. The summed E-state index contributed by atoms with van der Waals surface area (Å²) < 4.78 is 0. The summed E-state index contributed by atoms with van der Waals surface area (Å²) in [5, 5.41) is 11.3. The maximum atomic E-state index is 13.6. The molecule has 3 heterocycles. The van der Waals surface area contributed by atoms with Crippen LogP contribution in [0.5, 0.6) is 0 Å². The van der Waals surface area contributed by atoms with Gasteiger partial charge < -0.3 is 0 Å². The van der Waals surface area contributed by atoms with Gasteiger partial charge in [0.15, 0.2) is 5.78 Å². The van der Waals surface area contributed by atoms with Crippen molar-refractivity contribution in [3.8, 4) is 0 Å². The Labute approximate surface area is 178 Å². The molecule has 2 amide bonds. The summed E-state index contributed by atoms with van der Waals surface area (Å²) in [5.74, 6) is -2.34. The molecule has 0 spiro atoms. The fourth-order valence-corrected chi connectivity index (χ4v) is 5.48. The lowest BCUT2D eigenvalue weighted by Gasteiger charge is -2.28. The molecule has 2 aromatic rings. The zero-order valence-electron chi connectivity index (χ0n) is 16.9. The van der Waals surface area contributed by atoms with Crippen molar-refractivity contribution < 1.29 is 19.3 Å². The summed E-state index contributed by atoms with van der Waals surface area (Å²) in [5.41, 5.74) is 1.16. The highest BCUT2D eigenvalue weighted by Gasteiger charge is 2.64. The van der Waals surface area contributed by atoms with E-state index < -0.39 is 28.7 Å². The van der Waals surface area contributed by atoms with Crippen LogP contribution >= 0.6 is 0 Å². The second-order valence-electron chi connectivity index (χ2n) is 8.41. The number of nitro groups is 1. The van der Waals surface area contributed by atoms with Crippen molar-refractivity contribution in [1.29, 1.82) is 0 Å². The Hall–Kier alpha value is -3.39. The summed E-state index contributed by atoms with van der Waals surface area (Å²) >= 11 is 0. The van der Waals surface area contributed by atoms with Gasteiger partial charge in [-0.1, -0.05) is 36.4 Å². The van der Waals surface area contributed by atoms with E-state index in [-0.39, 0.29) is 29.1 Å². The van der Waals surface area contributed by atoms with Crippen molar-refractivity contribution >= 4 is 29.0 Å². The van der Waals surface area contributed by atoms with Gasteiger partial charge in [-0.15, -0.1) is 0 Å². The van der Waals surface area contributed by atoms with Gasteiger partial charge in [0.05, 0.1) is 28.5 Å². The standard InChI is InChI=1S/C23H21N3O5/c1-13-9-10-15(26(30)31)12-17(13)25-22(28)18-16-8-5-11-24(16)20(19(18)23(25)29)21(27)14-6-3-2-4-7-14/h2-4,6-7,9-10,12,16,18-20H,5,8,11H2,1H3. The third kappa shape index (κ3) is 2.82. The number of carbonyl (C=O) groups excluding carboxylic acids is 3. The number of hydrogen-bond acceptors (Lipinski definition) is 6. The van der Waals surface area contributed by atoms with Crippen LogP contribution in [0.25, 0.3) is 0 Å². The Morgan fingerprint density at radius 3 is 2.48 bits per heavy atom. The van der Waals surface area contributed by atoms with Crippen LogP contribution < -0.4 is 4.90 Å². The molecular formula is C23H21N3O5. The minimum atomic E-state index is -0.774. The molecule has 3 aliphatic heterocycles. The van der Waals surface area contributed by atoms with E-state index in [1.165, 1.54) is 18.2 Å². The zero-order chi connectivity index (χ0) is 21.9. The Bertz CT molecular complexity index is 1120. The van der Waals surface area contributed by atoms with Crippen molar-refractivity contribution in [1.82, 2.24) is 4.90 Å². The maximum Gasteiger partial charge on any atom is 0.271 e. The van der Waals surface area contributed by atoms with Gasteiger partial charge in [-0.25, -0.2) is 4.90 Å². The summed E-state index contributed by atoms with van der Waals surface area (Å²) in [4.78, 5) is 54.3. The van der Waals surface area contributed by atoms with Crippen LogP contribution in [0.3, 0.4) is 0 Å². The summed E-state index contributed by atoms with van der Waals surface area (Å²) in [7, 11) is 0. The Kier molecular flexibility index (Phi) is 4.48. The predicted molar refractivity (Wildman–Crippen MR) is 112 cm³/mol. The molecule has 4 unspecified atom stereocenters. The Morgan fingerprint density at radius 2 is 1.77 bits per heavy atom. The first-order chi connectivity index (χ1) is 14.9. The highest BCUT2D eigenvalue weighted by molar-refractivity contribution is 6.25. The molecule has 0 N–H and O–H groups in total. The number of hydrogen-bond donors (Lipinski definition) is 0. The molecule has 4 atom stereocenters. The van der Waals surface area contributed by atoms with Gasteiger partial charge >= 0.3 is 0 Å². The van der Waals surface area contributed by atoms with E-state index in [4.69, 9.17) is 0 Å². The first-order valence-corrected chi connectivity index (χ1v) is 10.4. The van der Waals surface area contributed by atoms with Crippen molar-refractivity contribution in [3.05, 3.63) is 69.8 Å². The number of nitrogens with zero attached hydrogens (tertiary/aromatic N) is 3. The quantitative estimate of drug-likeness (QED) is 0.327. The second kappa shape index (κ2) is 7.09. The topological polar surface area (TPSA) is 101 Å². The van der Waals surface area contributed by atoms with Gasteiger partial charge in [0.25, 0.3) is 5.69 Å². The molecule has 0 aliphatic carbocycles. The number of nitro benzene ring substituents is 1. The molecule has 3 aliphatic rings. The minimum absolute atomic E-state index is 0.154. The van der Waals surface area contributed by atoms with Gasteiger partial charge in [-0.2, -0.15) is 0 Å². The van der Waals surface area contributed by atoms with E-state index in [1.54, 1.807) is 31.2 Å². The van der Waals surface area contributed by atoms with Crippen LogP contribution in [0.15, 0.2) is 48.5 Å². The lowest BCUT2D eigenvalue weighted by molar-refractivity contribution is -0.384. The molecular weight excluding hydrogens is 398 g/mol. The number of non-ortho nitro benzene ring substituents is 1. The molecule has 8 heteroatoms. The number of fused-ring (bicyclic) bond motifs is 3. The smallest absolute Gasteiger partial charge is 0.271 e. The molecule has 31 heavy (non-hydrogen) atoms. The molecule has 3 fully saturated rings. The average Bonchev–Trinajstić information content (AvgIpc) is 3.41. The van der Waals surface area contributed by atoms with Crippen LogP contribution in [0, 0.1) is 28.9 Å². The summed E-state index contributed by atoms with van der Waals surface area (Å²) in [6, 6.07) is 12.1. The van der Waals surface area contributed by atoms with E-state index in [0.717, 1.165) is 17.7 Å². The van der Waals surface area contributed by atoms with Gasteiger partial charge in [0.2, 0.25) is 11.8 Å². The largest absolute Gasteiger partial charge is 0.292 e. The van der Waals surface area contributed by atoms with Crippen LogP contribution in [0.4, 0.5) is 11.4 Å². The fraction of sp³-hybridized carbons (Fsp3) is 0.348. The number of carbonyl (C=O) groups is 3. The lowest BCUT2D eigenvalue weighted by Crippen LogP contribution is -2.46. The van der Waals surface area contributed by atoms with E-state index in [0.29, 0.717) is 17.7 Å². The van der Waals surface area contributed by atoms with Gasteiger partial charge in [0.1, 0.15) is 0 Å². The molecule has 158 valence electrons. The molecule has 0 radical (unpaired) electrons. The van der Waals surface area contributed by atoms with E-state index in [1.807, 2.05) is 11.0 Å². The van der Waals surface area contributed by atoms with Crippen LogP contribution in [-0.2, 0) is 9.59 Å². The van der Waals surface area contributed by atoms with E-state index >= 15 is 0 Å². The molecule has 0 aromatic heterocycles. The number of ketones is 1. The van der Waals surface area contributed by atoms with Crippen molar-refractivity contribution in [2.75, 3.05) is 11.4 Å². The summed E-state index contributed by atoms with van der Waals surface area (Å²) in [6.07, 6.45) is 1.62. The van der Waals surface area contributed by atoms with Gasteiger partial charge in [-0.05, 0) is 31.9 Å². The number of benzene rings is 2. The minimum Gasteiger partial charge on any atom is -0.292 e. The maximum absolute atomic E-state index is 13.6. The molecule has 2 aromatic carbocycles. The number of anilines is 1. The Balaban J connectivity index is 1.58. The second-order valence-corrected chi connectivity index (χ2v) is 8.41. The van der Waals surface area contributed by atoms with Gasteiger partial charge in [0, 0.05) is 23.7 Å². The highest BCUT2D eigenvalue weighted by atomic mass is 16.6. The lowest BCUT2D eigenvalue weighted by atomic mass is 9.85. The van der Waals surface area contributed by atoms with Crippen LogP contribution in [0.2, 0.25) is 0 Å². The first kappa shape index (κ1) is 19.6. The molecule has 0 saturated carbocycles. The molecule has 8 nitrogen and oxygen atoms in total. The van der Waals surface area contributed by atoms with E-state index in [9.17, 15) is 24.5 Å². The number of rotatable bonds is 4. The van der Waals surface area contributed by atoms with Crippen LogP contribution in [-0.4, -0.2) is 46.0 Å². The number of Topliss-reactive ketones (excluding diaryl/α,β-unsaturated/α-hetero) is 1. The van der Waals surface area contributed by atoms with Crippen molar-refractivity contribution in [2.24, 2.45) is 11.8 Å².